The van der Waals surface area contributed by atoms with Crippen molar-refractivity contribution in [2.24, 2.45) is 0 Å². The van der Waals surface area contributed by atoms with E-state index in [1.807, 2.05) is 0 Å². The van der Waals surface area contributed by atoms with Crippen LogP contribution in [0.1, 0.15) is 12.5 Å². The van der Waals surface area contributed by atoms with Gasteiger partial charge in [-0.05, 0) is 6.92 Å². The molecular formula is C10H11ClF2O2. The molecule has 0 aliphatic heterocycles. The Morgan fingerprint density at radius 3 is 2.60 bits per heavy atom. The van der Waals surface area contributed by atoms with Crippen molar-refractivity contribution >= 4 is 11.6 Å². The van der Waals surface area contributed by atoms with Crippen LogP contribution in [0.25, 0.3) is 0 Å². The number of benzene rings is 1. The SMILES string of the molecule is COc1cc(F)c(CC(C)O)c(F)c1Cl. The largest absolute Gasteiger partial charge is 0.495 e. The first-order valence-electron chi connectivity index (χ1n) is 4.35. The predicted molar refractivity (Wildman–Crippen MR) is 53.3 cm³/mol. The predicted octanol–water partition coefficient (Wildman–Crippen LogP) is 2.55. The van der Waals surface area contributed by atoms with Gasteiger partial charge in [0.1, 0.15) is 16.6 Å². The third-order valence-corrected chi connectivity index (χ3v) is 2.29. The Balaban J connectivity index is 3.23. The number of ether oxygens (including phenoxy) is 1. The van der Waals surface area contributed by atoms with Gasteiger partial charge in [-0.15, -0.1) is 0 Å². The zero-order valence-corrected chi connectivity index (χ0v) is 9.11. The summed E-state index contributed by atoms with van der Waals surface area (Å²) < 4.78 is 31.5. The van der Waals surface area contributed by atoms with Gasteiger partial charge in [0, 0.05) is 18.1 Å². The molecule has 0 fully saturated rings. The summed E-state index contributed by atoms with van der Waals surface area (Å²) >= 11 is 5.61. The average molecular weight is 237 g/mol. The van der Waals surface area contributed by atoms with Gasteiger partial charge in [0.2, 0.25) is 0 Å². The second-order valence-electron chi connectivity index (χ2n) is 3.22. The Hall–Kier alpha value is -0.870. The van der Waals surface area contributed by atoms with E-state index in [0.717, 1.165) is 6.07 Å². The Labute approximate surface area is 91.4 Å². The number of aliphatic hydroxyl groups excluding tert-OH is 1. The lowest BCUT2D eigenvalue weighted by atomic mass is 10.1. The van der Waals surface area contributed by atoms with Crippen molar-refractivity contribution < 1.29 is 18.6 Å². The monoisotopic (exact) mass is 236 g/mol. The fourth-order valence-electron chi connectivity index (χ4n) is 1.24. The summed E-state index contributed by atoms with van der Waals surface area (Å²) in [5.41, 5.74) is -0.226. The highest BCUT2D eigenvalue weighted by atomic mass is 35.5. The van der Waals surface area contributed by atoms with Gasteiger partial charge >= 0.3 is 0 Å². The highest BCUT2D eigenvalue weighted by molar-refractivity contribution is 6.32. The smallest absolute Gasteiger partial charge is 0.151 e. The van der Waals surface area contributed by atoms with Gasteiger partial charge in [-0.2, -0.15) is 0 Å². The first-order valence-corrected chi connectivity index (χ1v) is 4.73. The van der Waals surface area contributed by atoms with Gasteiger partial charge in [-0.25, -0.2) is 8.78 Å². The van der Waals surface area contributed by atoms with Crippen LogP contribution in [0, 0.1) is 11.6 Å². The Bertz CT molecular complexity index is 367. The van der Waals surface area contributed by atoms with Crippen molar-refractivity contribution in [3.63, 3.8) is 0 Å². The van der Waals surface area contributed by atoms with Gasteiger partial charge in [0.05, 0.1) is 13.2 Å². The van der Waals surface area contributed by atoms with E-state index in [4.69, 9.17) is 21.4 Å². The molecule has 2 nitrogen and oxygen atoms in total. The number of methoxy groups -OCH3 is 1. The number of aliphatic hydroxyl groups is 1. The van der Waals surface area contributed by atoms with E-state index in [-0.39, 0.29) is 22.8 Å². The molecule has 1 aromatic rings. The van der Waals surface area contributed by atoms with Crippen LogP contribution >= 0.6 is 11.6 Å². The molecule has 0 spiro atoms. The molecule has 0 bridgehead atoms. The van der Waals surface area contributed by atoms with Gasteiger partial charge in [-0.3, -0.25) is 0 Å². The van der Waals surface area contributed by atoms with Crippen molar-refractivity contribution in [3.8, 4) is 5.75 Å². The molecule has 0 aliphatic rings. The number of halogens is 3. The summed E-state index contributed by atoms with van der Waals surface area (Å²) in [6.07, 6.45) is -0.958. The standard InChI is InChI=1S/C10H11ClF2O2/c1-5(14)3-6-7(12)4-8(15-2)9(11)10(6)13/h4-5,14H,3H2,1-2H3. The van der Waals surface area contributed by atoms with Gasteiger partial charge in [0.15, 0.2) is 5.82 Å². The minimum atomic E-state index is -0.880. The molecule has 0 saturated carbocycles. The first-order chi connectivity index (χ1) is 6.97. The normalized spacial score (nSPS) is 12.7. The van der Waals surface area contributed by atoms with Crippen molar-refractivity contribution in [2.75, 3.05) is 7.11 Å². The van der Waals surface area contributed by atoms with Crippen molar-refractivity contribution in [1.82, 2.24) is 0 Å². The molecule has 0 aromatic heterocycles. The van der Waals surface area contributed by atoms with Gasteiger partial charge in [-0.1, -0.05) is 11.6 Å². The summed E-state index contributed by atoms with van der Waals surface area (Å²) in [5, 5.41) is 8.80. The molecule has 0 amide bonds. The van der Waals surface area contributed by atoms with Crippen LogP contribution in [-0.4, -0.2) is 18.3 Å². The van der Waals surface area contributed by atoms with Crippen LogP contribution in [0.5, 0.6) is 5.75 Å². The molecule has 1 atom stereocenters. The number of rotatable bonds is 3. The molecule has 1 unspecified atom stereocenters. The van der Waals surface area contributed by atoms with E-state index in [2.05, 4.69) is 0 Å². The van der Waals surface area contributed by atoms with Crippen LogP contribution in [0.15, 0.2) is 6.07 Å². The Kier molecular flexibility index (Phi) is 3.88. The van der Waals surface area contributed by atoms with E-state index in [1.165, 1.54) is 14.0 Å². The molecule has 5 heteroatoms. The molecule has 15 heavy (non-hydrogen) atoms. The maximum Gasteiger partial charge on any atom is 0.151 e. The van der Waals surface area contributed by atoms with Crippen LogP contribution in [0.3, 0.4) is 0 Å². The zero-order chi connectivity index (χ0) is 11.6. The molecule has 0 heterocycles. The van der Waals surface area contributed by atoms with Crippen LogP contribution in [0.2, 0.25) is 5.02 Å². The minimum absolute atomic E-state index is 0.0546. The van der Waals surface area contributed by atoms with Gasteiger partial charge < -0.3 is 9.84 Å². The molecule has 1 aromatic carbocycles. The molecule has 1 rings (SSSR count). The van der Waals surface area contributed by atoms with Crippen LogP contribution < -0.4 is 4.74 Å². The molecular weight excluding hydrogens is 226 g/mol. The van der Waals surface area contributed by atoms with Crippen molar-refractivity contribution in [1.29, 1.82) is 0 Å². The zero-order valence-electron chi connectivity index (χ0n) is 8.35. The minimum Gasteiger partial charge on any atom is -0.495 e. The third-order valence-electron chi connectivity index (χ3n) is 1.94. The van der Waals surface area contributed by atoms with E-state index in [1.54, 1.807) is 0 Å². The fourth-order valence-corrected chi connectivity index (χ4v) is 1.49. The van der Waals surface area contributed by atoms with E-state index >= 15 is 0 Å². The summed E-state index contributed by atoms with van der Waals surface area (Å²) in [7, 11) is 1.27. The molecule has 84 valence electrons. The van der Waals surface area contributed by atoms with E-state index < -0.39 is 17.7 Å². The van der Waals surface area contributed by atoms with E-state index in [9.17, 15) is 8.78 Å². The quantitative estimate of drug-likeness (QED) is 0.818. The second kappa shape index (κ2) is 4.77. The summed E-state index contributed by atoms with van der Waals surface area (Å²) in [6.45, 7) is 1.44. The number of hydrogen-bond donors (Lipinski definition) is 1. The average Bonchev–Trinajstić information content (AvgIpc) is 2.18. The van der Waals surface area contributed by atoms with Crippen LogP contribution in [0.4, 0.5) is 8.78 Å². The lowest BCUT2D eigenvalue weighted by Crippen LogP contribution is -2.09. The van der Waals surface area contributed by atoms with Gasteiger partial charge in [0.25, 0.3) is 0 Å². The lowest BCUT2D eigenvalue weighted by molar-refractivity contribution is 0.192. The lowest BCUT2D eigenvalue weighted by Gasteiger charge is -2.11. The second-order valence-corrected chi connectivity index (χ2v) is 3.60. The maximum absolute atomic E-state index is 13.5. The molecule has 0 aliphatic carbocycles. The third kappa shape index (κ3) is 2.58. The van der Waals surface area contributed by atoms with Crippen molar-refractivity contribution in [3.05, 3.63) is 28.3 Å². The molecule has 0 saturated heterocycles. The van der Waals surface area contributed by atoms with E-state index in [0.29, 0.717) is 0 Å². The number of hydrogen-bond acceptors (Lipinski definition) is 2. The highest BCUT2D eigenvalue weighted by Gasteiger charge is 2.18. The summed E-state index contributed by atoms with van der Waals surface area (Å²) in [4.78, 5) is 0. The highest BCUT2D eigenvalue weighted by Crippen LogP contribution is 2.31. The fraction of sp³-hybridized carbons (Fsp3) is 0.400. The summed E-state index contributed by atoms with van der Waals surface area (Å²) in [6, 6.07) is 1.00. The summed E-state index contributed by atoms with van der Waals surface area (Å²) in [5.74, 6) is -1.70. The Morgan fingerprint density at radius 1 is 1.53 bits per heavy atom. The molecule has 0 radical (unpaired) electrons. The maximum atomic E-state index is 13.5. The topological polar surface area (TPSA) is 29.5 Å². The van der Waals surface area contributed by atoms with Crippen molar-refractivity contribution in [2.45, 2.75) is 19.4 Å². The van der Waals surface area contributed by atoms with Crippen LogP contribution in [-0.2, 0) is 6.42 Å². The molecule has 1 N–H and O–H groups in total. The Morgan fingerprint density at radius 2 is 2.13 bits per heavy atom. The first kappa shape index (κ1) is 12.2.